The van der Waals surface area contributed by atoms with Crippen molar-refractivity contribution in [1.82, 2.24) is 10.6 Å². The number of ketones is 1. The molecular formula is C23H31N3O7. The SMILES string of the molecule is CC(CC(=O)C1CC(O)C=CC1O)C[C@H](NC(=O)OCc1ccccc1)C(=O)NCC(N)=O. The van der Waals surface area contributed by atoms with Crippen LogP contribution in [0.3, 0.4) is 0 Å². The molecule has 6 N–H and O–H groups in total. The molecule has 1 aliphatic rings. The third-order valence-corrected chi connectivity index (χ3v) is 5.30. The van der Waals surface area contributed by atoms with Crippen molar-refractivity contribution in [2.45, 2.75) is 51.0 Å². The number of nitrogens with two attached hydrogens (primary N) is 1. The van der Waals surface area contributed by atoms with Crippen LogP contribution in [0.2, 0.25) is 0 Å². The topological polar surface area (TPSA) is 168 Å². The summed E-state index contributed by atoms with van der Waals surface area (Å²) in [5, 5.41) is 24.6. The Labute approximate surface area is 192 Å². The second-order valence-corrected chi connectivity index (χ2v) is 8.24. The first kappa shape index (κ1) is 26.0. The fourth-order valence-electron chi connectivity index (χ4n) is 3.59. The average molecular weight is 462 g/mol. The molecule has 0 aromatic heterocycles. The van der Waals surface area contributed by atoms with E-state index in [1.165, 1.54) is 12.2 Å². The number of carbonyl (C=O) groups excluding carboxylic acids is 4. The first-order valence-corrected chi connectivity index (χ1v) is 10.8. The number of ether oxygens (including phenoxy) is 1. The zero-order valence-electron chi connectivity index (χ0n) is 18.5. The van der Waals surface area contributed by atoms with E-state index in [1.54, 1.807) is 31.2 Å². The van der Waals surface area contributed by atoms with E-state index in [-0.39, 0.29) is 37.6 Å². The molecule has 0 saturated carbocycles. The van der Waals surface area contributed by atoms with Gasteiger partial charge in [0.1, 0.15) is 18.4 Å². The Morgan fingerprint density at radius 1 is 1.15 bits per heavy atom. The molecule has 2 rings (SSSR count). The number of primary amides is 1. The molecule has 0 aliphatic heterocycles. The van der Waals surface area contributed by atoms with Gasteiger partial charge < -0.3 is 31.3 Å². The summed E-state index contributed by atoms with van der Waals surface area (Å²) >= 11 is 0. The molecular weight excluding hydrogens is 430 g/mol. The Morgan fingerprint density at radius 3 is 2.52 bits per heavy atom. The van der Waals surface area contributed by atoms with Crippen molar-refractivity contribution in [3.8, 4) is 0 Å². The maximum Gasteiger partial charge on any atom is 0.408 e. The number of rotatable bonds is 11. The van der Waals surface area contributed by atoms with E-state index in [4.69, 9.17) is 10.5 Å². The normalized spacial score (nSPS) is 21.5. The summed E-state index contributed by atoms with van der Waals surface area (Å²) in [6.07, 6.45) is 0.469. The van der Waals surface area contributed by atoms with Crippen LogP contribution in [0, 0.1) is 11.8 Å². The minimum Gasteiger partial charge on any atom is -0.445 e. The van der Waals surface area contributed by atoms with Crippen LogP contribution in [0.25, 0.3) is 0 Å². The molecule has 4 unspecified atom stereocenters. The zero-order chi connectivity index (χ0) is 24.4. The molecule has 0 radical (unpaired) electrons. The van der Waals surface area contributed by atoms with Gasteiger partial charge in [0.15, 0.2) is 0 Å². The van der Waals surface area contributed by atoms with Gasteiger partial charge in [-0.1, -0.05) is 49.4 Å². The average Bonchev–Trinajstić information content (AvgIpc) is 2.77. The number of benzene rings is 1. The molecule has 0 heterocycles. The van der Waals surface area contributed by atoms with E-state index in [0.717, 1.165) is 5.56 Å². The molecule has 10 heteroatoms. The number of aliphatic hydroxyl groups is 2. The third kappa shape index (κ3) is 9.03. The van der Waals surface area contributed by atoms with Crippen molar-refractivity contribution in [3.63, 3.8) is 0 Å². The molecule has 0 bridgehead atoms. The molecule has 1 aromatic rings. The molecule has 180 valence electrons. The summed E-state index contributed by atoms with van der Waals surface area (Å²) in [4.78, 5) is 48.4. The van der Waals surface area contributed by atoms with Gasteiger partial charge in [0, 0.05) is 12.3 Å². The van der Waals surface area contributed by atoms with Crippen LogP contribution in [0.5, 0.6) is 0 Å². The molecule has 0 fully saturated rings. The zero-order valence-corrected chi connectivity index (χ0v) is 18.5. The fraction of sp³-hybridized carbons (Fsp3) is 0.478. The minimum atomic E-state index is -1.07. The van der Waals surface area contributed by atoms with E-state index in [0.29, 0.717) is 0 Å². The van der Waals surface area contributed by atoms with E-state index < -0.39 is 48.6 Å². The van der Waals surface area contributed by atoms with Crippen molar-refractivity contribution in [2.24, 2.45) is 17.6 Å². The summed E-state index contributed by atoms with van der Waals surface area (Å²) in [5.74, 6) is -2.72. The molecule has 0 saturated heterocycles. The monoisotopic (exact) mass is 461 g/mol. The van der Waals surface area contributed by atoms with E-state index in [9.17, 15) is 29.4 Å². The standard InChI is InChI=1S/C23H31N3O7/c1-14(10-20(29)17-11-16(27)7-8-19(17)28)9-18(22(31)25-12-21(24)30)26-23(32)33-13-15-5-3-2-4-6-15/h2-8,14,16-19,27-28H,9-13H2,1H3,(H2,24,30)(H,25,31)(H,26,32)/t14?,16?,17?,18-,19?/m0/s1. The minimum absolute atomic E-state index is 0.00570. The molecule has 5 atom stereocenters. The van der Waals surface area contributed by atoms with Crippen molar-refractivity contribution in [2.75, 3.05) is 6.54 Å². The highest BCUT2D eigenvalue weighted by atomic mass is 16.5. The highest BCUT2D eigenvalue weighted by molar-refractivity contribution is 5.89. The highest BCUT2D eigenvalue weighted by Gasteiger charge is 2.32. The maximum absolute atomic E-state index is 12.6. The van der Waals surface area contributed by atoms with Crippen molar-refractivity contribution >= 4 is 23.7 Å². The van der Waals surface area contributed by atoms with Gasteiger partial charge in [0.25, 0.3) is 0 Å². The van der Waals surface area contributed by atoms with Crippen molar-refractivity contribution < 1.29 is 34.1 Å². The Kier molecular flexibility index (Phi) is 10.0. The predicted molar refractivity (Wildman–Crippen MR) is 118 cm³/mol. The van der Waals surface area contributed by atoms with Gasteiger partial charge in [-0.3, -0.25) is 14.4 Å². The molecule has 1 aliphatic carbocycles. The van der Waals surface area contributed by atoms with Gasteiger partial charge in [0.05, 0.1) is 18.8 Å². The summed E-state index contributed by atoms with van der Waals surface area (Å²) in [6, 6.07) is 7.92. The van der Waals surface area contributed by atoms with Gasteiger partial charge in [-0.2, -0.15) is 0 Å². The van der Waals surface area contributed by atoms with Crippen molar-refractivity contribution in [1.29, 1.82) is 0 Å². The first-order valence-electron chi connectivity index (χ1n) is 10.8. The number of aliphatic hydroxyl groups excluding tert-OH is 2. The van der Waals surface area contributed by atoms with Gasteiger partial charge in [0.2, 0.25) is 11.8 Å². The van der Waals surface area contributed by atoms with E-state index in [1.807, 2.05) is 6.07 Å². The Morgan fingerprint density at radius 2 is 1.85 bits per heavy atom. The second-order valence-electron chi connectivity index (χ2n) is 8.24. The fourth-order valence-corrected chi connectivity index (χ4v) is 3.59. The third-order valence-electron chi connectivity index (χ3n) is 5.30. The van der Waals surface area contributed by atoms with Gasteiger partial charge >= 0.3 is 6.09 Å². The van der Waals surface area contributed by atoms with Crippen LogP contribution in [-0.2, 0) is 25.7 Å². The lowest BCUT2D eigenvalue weighted by atomic mass is 9.82. The van der Waals surface area contributed by atoms with Crippen LogP contribution in [-0.4, -0.2) is 58.7 Å². The molecule has 1 aromatic carbocycles. The van der Waals surface area contributed by atoms with Crippen molar-refractivity contribution in [3.05, 3.63) is 48.0 Å². The van der Waals surface area contributed by atoms with Crippen LogP contribution in [0.15, 0.2) is 42.5 Å². The smallest absolute Gasteiger partial charge is 0.408 e. The molecule has 0 spiro atoms. The predicted octanol–water partition coefficient (Wildman–Crippen LogP) is 0.166. The van der Waals surface area contributed by atoms with Crippen LogP contribution >= 0.6 is 0 Å². The summed E-state index contributed by atoms with van der Waals surface area (Å²) in [7, 11) is 0. The Bertz CT molecular complexity index is 859. The van der Waals surface area contributed by atoms with Crippen LogP contribution in [0.1, 0.15) is 31.7 Å². The number of Topliss-reactive ketones (excluding diaryl/α,β-unsaturated/α-hetero) is 1. The number of amides is 3. The largest absolute Gasteiger partial charge is 0.445 e. The highest BCUT2D eigenvalue weighted by Crippen LogP contribution is 2.24. The molecule has 10 nitrogen and oxygen atoms in total. The van der Waals surface area contributed by atoms with Gasteiger partial charge in [-0.15, -0.1) is 0 Å². The number of carbonyl (C=O) groups is 4. The Hall–Kier alpha value is -3.24. The van der Waals surface area contributed by atoms with Crippen LogP contribution in [0.4, 0.5) is 4.79 Å². The van der Waals surface area contributed by atoms with Gasteiger partial charge in [-0.25, -0.2) is 4.79 Å². The second kappa shape index (κ2) is 12.7. The number of alkyl carbamates (subject to hydrolysis) is 1. The van der Waals surface area contributed by atoms with Crippen LogP contribution < -0.4 is 16.4 Å². The molecule has 3 amide bonds. The first-order chi connectivity index (χ1) is 15.7. The lowest BCUT2D eigenvalue weighted by molar-refractivity contribution is -0.129. The quantitative estimate of drug-likeness (QED) is 0.293. The lowest BCUT2D eigenvalue weighted by Gasteiger charge is -2.27. The van der Waals surface area contributed by atoms with E-state index in [2.05, 4.69) is 10.6 Å². The number of hydrogen-bond acceptors (Lipinski definition) is 7. The maximum atomic E-state index is 12.6. The lowest BCUT2D eigenvalue weighted by Crippen LogP contribution is -2.49. The van der Waals surface area contributed by atoms with E-state index >= 15 is 0 Å². The molecule has 33 heavy (non-hydrogen) atoms. The summed E-state index contributed by atoms with van der Waals surface area (Å²) in [6.45, 7) is 1.33. The Balaban J connectivity index is 1.96. The number of hydrogen-bond donors (Lipinski definition) is 5. The summed E-state index contributed by atoms with van der Waals surface area (Å²) < 4.78 is 5.16. The number of nitrogens with one attached hydrogen (secondary N) is 2. The van der Waals surface area contributed by atoms with Gasteiger partial charge in [-0.05, 0) is 24.3 Å². The summed E-state index contributed by atoms with van der Waals surface area (Å²) in [5.41, 5.74) is 5.84.